The van der Waals surface area contributed by atoms with Crippen LogP contribution in [-0.2, 0) is 13.0 Å². The van der Waals surface area contributed by atoms with E-state index in [-0.39, 0.29) is 0 Å². The van der Waals surface area contributed by atoms with Gasteiger partial charge in [-0.1, -0.05) is 18.6 Å². The Balaban J connectivity index is 1.75. The Morgan fingerprint density at radius 2 is 2.39 bits per heavy atom. The molecule has 0 radical (unpaired) electrons. The lowest BCUT2D eigenvalue weighted by Gasteiger charge is -2.06. The monoisotopic (exact) mass is 247 g/mol. The lowest BCUT2D eigenvalue weighted by molar-refractivity contribution is 0.644. The number of nitrogens with zero attached hydrogens (tertiary/aromatic N) is 2. The van der Waals surface area contributed by atoms with E-state index in [1.54, 1.807) is 0 Å². The van der Waals surface area contributed by atoms with Gasteiger partial charge in [0.05, 0.1) is 0 Å². The van der Waals surface area contributed by atoms with Crippen LogP contribution in [0.15, 0.2) is 24.0 Å². The van der Waals surface area contributed by atoms with Gasteiger partial charge in [0.2, 0.25) is 0 Å². The minimum Gasteiger partial charge on any atom is -0.335 e. The Morgan fingerprint density at radius 1 is 1.56 bits per heavy atom. The second-order valence-electron chi connectivity index (χ2n) is 5.28. The van der Waals surface area contributed by atoms with E-state index in [1.807, 2.05) is 6.20 Å². The first-order valence-electron chi connectivity index (χ1n) is 7.18. The standard InChI is InChI=1S/C15H25N3/c1-3-10-18-11-9-17-15(18)12-13(2)5-4-8-16-14-6-7-14/h5,9,11,14,16H,3-4,6-8,10,12H2,1-2H3. The zero-order valence-electron chi connectivity index (χ0n) is 11.7. The second-order valence-corrected chi connectivity index (χ2v) is 5.28. The number of rotatable bonds is 8. The number of aromatic nitrogens is 2. The Morgan fingerprint density at radius 3 is 3.11 bits per heavy atom. The first-order valence-corrected chi connectivity index (χ1v) is 7.18. The summed E-state index contributed by atoms with van der Waals surface area (Å²) in [4.78, 5) is 4.45. The van der Waals surface area contributed by atoms with E-state index < -0.39 is 0 Å². The molecule has 1 aromatic heterocycles. The molecule has 2 rings (SSSR count). The highest BCUT2D eigenvalue weighted by molar-refractivity contribution is 5.08. The highest BCUT2D eigenvalue weighted by Gasteiger charge is 2.19. The molecule has 3 heteroatoms. The van der Waals surface area contributed by atoms with E-state index in [4.69, 9.17) is 0 Å². The van der Waals surface area contributed by atoms with E-state index in [2.05, 4.69) is 41.0 Å². The molecule has 0 aromatic carbocycles. The first-order chi connectivity index (χ1) is 8.79. The zero-order chi connectivity index (χ0) is 12.8. The van der Waals surface area contributed by atoms with Crippen molar-refractivity contribution in [3.8, 4) is 0 Å². The molecule has 1 aromatic rings. The minimum atomic E-state index is 0.821. The largest absolute Gasteiger partial charge is 0.335 e. The van der Waals surface area contributed by atoms with Crippen molar-refractivity contribution < 1.29 is 0 Å². The Kier molecular flexibility index (Phi) is 5.00. The number of hydrogen-bond donors (Lipinski definition) is 1. The van der Waals surface area contributed by atoms with E-state index in [1.165, 1.54) is 24.2 Å². The van der Waals surface area contributed by atoms with E-state index in [0.717, 1.165) is 38.4 Å². The normalized spacial score (nSPS) is 16.2. The molecular formula is C15H25N3. The SMILES string of the molecule is CCCn1ccnc1CC(C)=CCCNC1CC1. The van der Waals surface area contributed by atoms with Crippen molar-refractivity contribution in [2.24, 2.45) is 0 Å². The maximum atomic E-state index is 4.45. The summed E-state index contributed by atoms with van der Waals surface area (Å²) in [5, 5.41) is 3.54. The smallest absolute Gasteiger partial charge is 0.112 e. The molecule has 0 unspecified atom stereocenters. The Labute approximate surface area is 110 Å². The fourth-order valence-electron chi connectivity index (χ4n) is 2.17. The van der Waals surface area contributed by atoms with Gasteiger partial charge in [0.25, 0.3) is 0 Å². The molecule has 0 aliphatic heterocycles. The lowest BCUT2D eigenvalue weighted by Crippen LogP contribution is -2.16. The third-order valence-electron chi connectivity index (χ3n) is 3.35. The van der Waals surface area contributed by atoms with Gasteiger partial charge in [-0.3, -0.25) is 0 Å². The van der Waals surface area contributed by atoms with Gasteiger partial charge < -0.3 is 9.88 Å². The van der Waals surface area contributed by atoms with Crippen molar-refractivity contribution in [2.75, 3.05) is 6.54 Å². The van der Waals surface area contributed by atoms with Gasteiger partial charge in [-0.25, -0.2) is 4.98 Å². The number of aryl methyl sites for hydroxylation is 1. The lowest BCUT2D eigenvalue weighted by atomic mass is 10.1. The molecule has 0 saturated heterocycles. The molecule has 0 atom stereocenters. The predicted molar refractivity (Wildman–Crippen MR) is 75.6 cm³/mol. The van der Waals surface area contributed by atoms with Crippen LogP contribution >= 0.6 is 0 Å². The molecule has 100 valence electrons. The first kappa shape index (κ1) is 13.3. The third-order valence-corrected chi connectivity index (χ3v) is 3.35. The summed E-state index contributed by atoms with van der Waals surface area (Å²) in [6, 6.07) is 0.821. The van der Waals surface area contributed by atoms with Gasteiger partial charge in [0.15, 0.2) is 0 Å². The van der Waals surface area contributed by atoms with Crippen LogP contribution in [0.25, 0.3) is 0 Å². The maximum absolute atomic E-state index is 4.45. The summed E-state index contributed by atoms with van der Waals surface area (Å²) in [7, 11) is 0. The summed E-state index contributed by atoms with van der Waals surface area (Å²) in [6.07, 6.45) is 12.4. The minimum absolute atomic E-state index is 0.821. The molecule has 1 aliphatic rings. The number of nitrogens with one attached hydrogen (secondary N) is 1. The summed E-state index contributed by atoms with van der Waals surface area (Å²) in [5.41, 5.74) is 1.43. The molecule has 1 saturated carbocycles. The van der Waals surface area contributed by atoms with Gasteiger partial charge in [-0.15, -0.1) is 0 Å². The average molecular weight is 247 g/mol. The van der Waals surface area contributed by atoms with Crippen LogP contribution in [0.4, 0.5) is 0 Å². The average Bonchev–Trinajstić information content (AvgIpc) is 3.08. The molecule has 1 N–H and O–H groups in total. The van der Waals surface area contributed by atoms with Gasteiger partial charge in [0.1, 0.15) is 5.82 Å². The van der Waals surface area contributed by atoms with Crippen LogP contribution in [0.2, 0.25) is 0 Å². The van der Waals surface area contributed by atoms with Crippen molar-refractivity contribution in [3.63, 3.8) is 0 Å². The molecular weight excluding hydrogens is 222 g/mol. The molecule has 0 bridgehead atoms. The summed E-state index contributed by atoms with van der Waals surface area (Å²) < 4.78 is 2.26. The molecule has 0 spiro atoms. The fourth-order valence-corrected chi connectivity index (χ4v) is 2.17. The van der Waals surface area contributed by atoms with Crippen LogP contribution in [0.3, 0.4) is 0 Å². The highest BCUT2D eigenvalue weighted by atomic mass is 15.1. The van der Waals surface area contributed by atoms with Crippen LogP contribution in [0, 0.1) is 0 Å². The molecule has 1 aliphatic carbocycles. The number of allylic oxidation sites excluding steroid dienone is 1. The van der Waals surface area contributed by atoms with Gasteiger partial charge in [-0.2, -0.15) is 0 Å². The zero-order valence-corrected chi connectivity index (χ0v) is 11.7. The van der Waals surface area contributed by atoms with Crippen molar-refractivity contribution in [2.45, 2.75) is 58.5 Å². The third kappa shape index (κ3) is 4.30. The van der Waals surface area contributed by atoms with Crippen LogP contribution in [-0.4, -0.2) is 22.1 Å². The molecule has 3 nitrogen and oxygen atoms in total. The Bertz CT molecular complexity index is 388. The molecule has 1 fully saturated rings. The number of hydrogen-bond acceptors (Lipinski definition) is 2. The van der Waals surface area contributed by atoms with Crippen LogP contribution in [0.5, 0.6) is 0 Å². The highest BCUT2D eigenvalue weighted by Crippen LogP contribution is 2.18. The van der Waals surface area contributed by atoms with E-state index in [9.17, 15) is 0 Å². The van der Waals surface area contributed by atoms with Crippen molar-refractivity contribution >= 4 is 0 Å². The topological polar surface area (TPSA) is 29.9 Å². The summed E-state index contributed by atoms with van der Waals surface area (Å²) >= 11 is 0. The van der Waals surface area contributed by atoms with Crippen molar-refractivity contribution in [3.05, 3.63) is 29.9 Å². The van der Waals surface area contributed by atoms with Crippen LogP contribution < -0.4 is 5.32 Å². The summed E-state index contributed by atoms with van der Waals surface area (Å²) in [5.74, 6) is 1.20. The van der Waals surface area contributed by atoms with Gasteiger partial charge in [-0.05, 0) is 39.2 Å². The maximum Gasteiger partial charge on any atom is 0.112 e. The second kappa shape index (κ2) is 6.74. The predicted octanol–water partition coefficient (Wildman–Crippen LogP) is 2.92. The summed E-state index contributed by atoms with van der Waals surface area (Å²) in [6.45, 7) is 6.61. The molecule has 18 heavy (non-hydrogen) atoms. The van der Waals surface area contributed by atoms with Gasteiger partial charge >= 0.3 is 0 Å². The Hall–Kier alpha value is -1.09. The van der Waals surface area contributed by atoms with E-state index >= 15 is 0 Å². The fraction of sp³-hybridized carbons (Fsp3) is 0.667. The molecule has 0 amide bonds. The van der Waals surface area contributed by atoms with Crippen molar-refractivity contribution in [1.29, 1.82) is 0 Å². The van der Waals surface area contributed by atoms with Crippen molar-refractivity contribution in [1.82, 2.24) is 14.9 Å². The number of imidazole rings is 1. The van der Waals surface area contributed by atoms with Crippen LogP contribution in [0.1, 0.15) is 45.4 Å². The molecule has 1 heterocycles. The van der Waals surface area contributed by atoms with Gasteiger partial charge in [0, 0.05) is 31.4 Å². The quantitative estimate of drug-likeness (QED) is 0.565. The van der Waals surface area contributed by atoms with E-state index in [0.29, 0.717) is 0 Å².